The van der Waals surface area contributed by atoms with Gasteiger partial charge in [0.25, 0.3) is 0 Å². The van der Waals surface area contributed by atoms with Crippen LogP contribution in [-0.4, -0.2) is 30.1 Å². The van der Waals surface area contributed by atoms with Crippen LogP contribution in [0.15, 0.2) is 48.5 Å². The van der Waals surface area contributed by atoms with E-state index < -0.39 is 5.97 Å². The minimum absolute atomic E-state index is 0.0715. The minimum atomic E-state index is -0.800. The van der Waals surface area contributed by atoms with Gasteiger partial charge in [0.15, 0.2) is 0 Å². The van der Waals surface area contributed by atoms with Crippen molar-refractivity contribution in [3.8, 4) is 11.1 Å². The van der Waals surface area contributed by atoms with E-state index in [1.54, 1.807) is 0 Å². The molecule has 3 nitrogen and oxygen atoms in total. The van der Waals surface area contributed by atoms with E-state index >= 15 is 0 Å². The summed E-state index contributed by atoms with van der Waals surface area (Å²) >= 11 is 0. The molecular formula is C17H19NO2. The Morgan fingerprint density at radius 1 is 0.900 bits per heavy atom. The summed E-state index contributed by atoms with van der Waals surface area (Å²) in [6.07, 6.45) is 0.0715. The van der Waals surface area contributed by atoms with E-state index in [4.69, 9.17) is 5.11 Å². The van der Waals surface area contributed by atoms with Crippen molar-refractivity contribution in [2.45, 2.75) is 13.0 Å². The van der Waals surface area contributed by atoms with Gasteiger partial charge in [-0.3, -0.25) is 4.79 Å². The SMILES string of the molecule is CN(C)Cc1ccc(-c2ccc(CC(=O)O)cc2)cc1. The number of benzene rings is 2. The highest BCUT2D eigenvalue weighted by molar-refractivity contribution is 5.71. The number of aliphatic carboxylic acids is 1. The average molecular weight is 269 g/mol. The second kappa shape index (κ2) is 6.35. The van der Waals surface area contributed by atoms with E-state index in [0.717, 1.165) is 23.2 Å². The number of hydrogen-bond donors (Lipinski definition) is 1. The van der Waals surface area contributed by atoms with Crippen molar-refractivity contribution in [2.24, 2.45) is 0 Å². The molecular weight excluding hydrogens is 250 g/mol. The predicted octanol–water partition coefficient (Wildman–Crippen LogP) is 3.04. The number of nitrogens with zero attached hydrogens (tertiary/aromatic N) is 1. The summed E-state index contributed by atoms with van der Waals surface area (Å²) in [6, 6.07) is 16.1. The van der Waals surface area contributed by atoms with Gasteiger partial charge in [-0.1, -0.05) is 48.5 Å². The molecule has 20 heavy (non-hydrogen) atoms. The van der Waals surface area contributed by atoms with Crippen molar-refractivity contribution < 1.29 is 9.90 Å². The molecule has 3 heteroatoms. The normalized spacial score (nSPS) is 10.8. The summed E-state index contributed by atoms with van der Waals surface area (Å²) in [6.45, 7) is 0.928. The minimum Gasteiger partial charge on any atom is -0.481 e. The maximum absolute atomic E-state index is 10.6. The Hall–Kier alpha value is -2.13. The van der Waals surface area contributed by atoms with Crippen LogP contribution in [0.25, 0.3) is 11.1 Å². The molecule has 0 heterocycles. The zero-order valence-electron chi connectivity index (χ0n) is 11.8. The Morgan fingerprint density at radius 2 is 1.35 bits per heavy atom. The fourth-order valence-electron chi connectivity index (χ4n) is 2.16. The number of carboxylic acids is 1. The highest BCUT2D eigenvalue weighted by Gasteiger charge is 2.02. The lowest BCUT2D eigenvalue weighted by atomic mass is 10.0. The first-order valence-corrected chi connectivity index (χ1v) is 6.59. The van der Waals surface area contributed by atoms with E-state index in [0.29, 0.717) is 0 Å². The third kappa shape index (κ3) is 3.93. The van der Waals surface area contributed by atoms with Crippen LogP contribution in [0.2, 0.25) is 0 Å². The lowest BCUT2D eigenvalue weighted by Crippen LogP contribution is -2.10. The van der Waals surface area contributed by atoms with Crippen LogP contribution >= 0.6 is 0 Å². The molecule has 1 N–H and O–H groups in total. The molecule has 0 aromatic heterocycles. The summed E-state index contributed by atoms with van der Waals surface area (Å²) in [5, 5.41) is 8.75. The highest BCUT2D eigenvalue weighted by atomic mass is 16.4. The summed E-state index contributed by atoms with van der Waals surface area (Å²) in [5.41, 5.74) is 4.36. The quantitative estimate of drug-likeness (QED) is 0.907. The molecule has 0 bridgehead atoms. The van der Waals surface area contributed by atoms with Crippen molar-refractivity contribution in [1.82, 2.24) is 4.90 Å². The molecule has 0 spiro atoms. The van der Waals surface area contributed by atoms with Crippen molar-refractivity contribution >= 4 is 5.97 Å². The van der Waals surface area contributed by atoms with Crippen LogP contribution in [0.4, 0.5) is 0 Å². The Bertz CT molecular complexity index is 571. The van der Waals surface area contributed by atoms with Gasteiger partial charge >= 0.3 is 5.97 Å². The first-order valence-electron chi connectivity index (χ1n) is 6.59. The topological polar surface area (TPSA) is 40.5 Å². The van der Waals surface area contributed by atoms with Crippen LogP contribution in [0.5, 0.6) is 0 Å². The standard InChI is InChI=1S/C17H19NO2/c1-18(2)12-14-5-9-16(10-6-14)15-7-3-13(4-8-15)11-17(19)20/h3-10H,11-12H2,1-2H3,(H,19,20). The number of carbonyl (C=O) groups is 1. The summed E-state index contributed by atoms with van der Waals surface area (Å²) < 4.78 is 0. The van der Waals surface area contributed by atoms with Crippen LogP contribution < -0.4 is 0 Å². The van der Waals surface area contributed by atoms with E-state index in [1.807, 2.05) is 24.3 Å². The number of rotatable bonds is 5. The predicted molar refractivity (Wildman–Crippen MR) is 80.6 cm³/mol. The van der Waals surface area contributed by atoms with Crippen molar-refractivity contribution in [2.75, 3.05) is 14.1 Å². The molecule has 0 fully saturated rings. The Kier molecular flexibility index (Phi) is 4.53. The lowest BCUT2D eigenvalue weighted by Gasteiger charge is -2.10. The maximum Gasteiger partial charge on any atom is 0.307 e. The fourth-order valence-corrected chi connectivity index (χ4v) is 2.16. The van der Waals surface area contributed by atoms with Crippen LogP contribution in [0.3, 0.4) is 0 Å². The van der Waals surface area contributed by atoms with Gasteiger partial charge in [0.2, 0.25) is 0 Å². The molecule has 2 aromatic carbocycles. The molecule has 104 valence electrons. The molecule has 0 atom stereocenters. The highest BCUT2D eigenvalue weighted by Crippen LogP contribution is 2.21. The fraction of sp³-hybridized carbons (Fsp3) is 0.235. The Labute approximate surface area is 119 Å². The van der Waals surface area contributed by atoms with E-state index in [-0.39, 0.29) is 6.42 Å². The Morgan fingerprint density at radius 3 is 1.75 bits per heavy atom. The molecule has 0 amide bonds. The molecule has 0 saturated carbocycles. The van der Waals surface area contributed by atoms with Gasteiger partial charge in [0.1, 0.15) is 0 Å². The van der Waals surface area contributed by atoms with Gasteiger partial charge in [-0.05, 0) is 36.3 Å². The van der Waals surface area contributed by atoms with E-state index in [2.05, 4.69) is 43.3 Å². The van der Waals surface area contributed by atoms with Gasteiger partial charge in [0, 0.05) is 6.54 Å². The second-order valence-corrected chi connectivity index (χ2v) is 5.20. The lowest BCUT2D eigenvalue weighted by molar-refractivity contribution is -0.136. The van der Waals surface area contributed by atoms with E-state index in [9.17, 15) is 4.79 Å². The summed E-state index contributed by atoms with van der Waals surface area (Å²) in [7, 11) is 4.10. The first-order chi connectivity index (χ1) is 9.54. The van der Waals surface area contributed by atoms with Crippen molar-refractivity contribution in [1.29, 1.82) is 0 Å². The zero-order chi connectivity index (χ0) is 14.5. The monoisotopic (exact) mass is 269 g/mol. The van der Waals surface area contributed by atoms with Gasteiger partial charge < -0.3 is 10.0 Å². The summed E-state index contributed by atoms with van der Waals surface area (Å²) in [5.74, 6) is -0.800. The number of carboxylic acid groups (broad SMARTS) is 1. The third-order valence-corrected chi connectivity index (χ3v) is 3.10. The zero-order valence-corrected chi connectivity index (χ0v) is 11.8. The molecule has 0 unspecified atom stereocenters. The van der Waals surface area contributed by atoms with Crippen LogP contribution in [0.1, 0.15) is 11.1 Å². The molecule has 2 rings (SSSR count). The van der Waals surface area contributed by atoms with Crippen LogP contribution in [0, 0.1) is 0 Å². The van der Waals surface area contributed by atoms with Crippen molar-refractivity contribution in [3.05, 3.63) is 59.7 Å². The van der Waals surface area contributed by atoms with Gasteiger partial charge in [-0.2, -0.15) is 0 Å². The van der Waals surface area contributed by atoms with E-state index in [1.165, 1.54) is 5.56 Å². The summed E-state index contributed by atoms with van der Waals surface area (Å²) in [4.78, 5) is 12.8. The molecule has 0 aliphatic heterocycles. The Balaban J connectivity index is 2.13. The number of hydrogen-bond acceptors (Lipinski definition) is 2. The third-order valence-electron chi connectivity index (χ3n) is 3.10. The molecule has 0 aliphatic rings. The first kappa shape index (κ1) is 14.3. The smallest absolute Gasteiger partial charge is 0.307 e. The average Bonchev–Trinajstić information content (AvgIpc) is 2.39. The maximum atomic E-state index is 10.6. The van der Waals surface area contributed by atoms with Gasteiger partial charge in [-0.15, -0.1) is 0 Å². The molecule has 0 aliphatic carbocycles. The molecule has 0 radical (unpaired) electrons. The second-order valence-electron chi connectivity index (χ2n) is 5.20. The van der Waals surface area contributed by atoms with Gasteiger partial charge in [-0.25, -0.2) is 0 Å². The molecule has 0 saturated heterocycles. The molecule has 2 aromatic rings. The van der Waals surface area contributed by atoms with Crippen LogP contribution in [-0.2, 0) is 17.8 Å². The van der Waals surface area contributed by atoms with Gasteiger partial charge in [0.05, 0.1) is 6.42 Å². The largest absolute Gasteiger partial charge is 0.481 e. The van der Waals surface area contributed by atoms with Crippen molar-refractivity contribution in [3.63, 3.8) is 0 Å².